The van der Waals surface area contributed by atoms with Crippen LogP contribution in [0.25, 0.3) is 11.2 Å². The van der Waals surface area contributed by atoms with Gasteiger partial charge in [-0.3, -0.25) is 33.0 Å². The Bertz CT molecular complexity index is 2060. The molecule has 46 heavy (non-hydrogen) atoms. The number of anilines is 2. The third-order valence-electron chi connectivity index (χ3n) is 8.14. The van der Waals surface area contributed by atoms with E-state index in [1.165, 1.54) is 11.6 Å². The molecule has 236 valence electrons. The summed E-state index contributed by atoms with van der Waals surface area (Å²) in [7, 11) is 3.08. The smallest absolute Gasteiger partial charge is 0.332 e. The molecule has 11 nitrogen and oxygen atoms in total. The fraction of sp³-hybridized carbons (Fsp3) is 0.242. The number of aryl methyl sites for hydroxylation is 1. The molecular formula is C33H31BrClN7O4. The van der Waals surface area contributed by atoms with Crippen LogP contribution in [0.4, 0.5) is 11.6 Å². The number of rotatable bonds is 8. The largest absolute Gasteiger partial charge is 0.340 e. The van der Waals surface area contributed by atoms with E-state index < -0.39 is 11.2 Å². The topological polar surface area (TPSA) is 114 Å². The molecule has 0 saturated carbocycles. The molecule has 1 amide bonds. The van der Waals surface area contributed by atoms with Crippen molar-refractivity contribution in [3.8, 4) is 0 Å². The van der Waals surface area contributed by atoms with Gasteiger partial charge in [-0.15, -0.1) is 0 Å². The predicted molar refractivity (Wildman–Crippen MR) is 182 cm³/mol. The highest BCUT2D eigenvalue weighted by atomic mass is 79.9. The lowest BCUT2D eigenvalue weighted by Crippen LogP contribution is -2.49. The zero-order valence-corrected chi connectivity index (χ0v) is 27.6. The van der Waals surface area contributed by atoms with Gasteiger partial charge in [0, 0.05) is 60.9 Å². The number of hydrogen-bond acceptors (Lipinski definition) is 7. The van der Waals surface area contributed by atoms with Crippen molar-refractivity contribution < 1.29 is 9.59 Å². The van der Waals surface area contributed by atoms with Crippen molar-refractivity contribution in [2.24, 2.45) is 14.1 Å². The molecule has 5 aromatic rings. The summed E-state index contributed by atoms with van der Waals surface area (Å²) in [6, 6.07) is 21.5. The van der Waals surface area contributed by atoms with Crippen molar-refractivity contribution in [2.75, 3.05) is 42.9 Å². The second-order valence-corrected chi connectivity index (χ2v) is 12.6. The molecule has 2 aromatic heterocycles. The second-order valence-electron chi connectivity index (χ2n) is 11.2. The van der Waals surface area contributed by atoms with Gasteiger partial charge in [0.15, 0.2) is 16.9 Å². The van der Waals surface area contributed by atoms with Gasteiger partial charge in [-0.1, -0.05) is 70.0 Å². The summed E-state index contributed by atoms with van der Waals surface area (Å²) in [5.41, 5.74) is 2.03. The standard InChI is InChI=1S/C33H31BrClN7O4/c1-38-30-28(31(45)39(2)33(38)46)42(19-21-8-10-23(34)11-9-21)32(37-30)41-16-14-40(15-17-41)20-27(43)36-26-13-12-24(35)18-25(26)29(44)22-6-4-3-5-7-22/h3-13,18H,14-17,19-20H2,1-2H3,(H,36,43). The van der Waals surface area contributed by atoms with E-state index in [0.717, 1.165) is 14.6 Å². The van der Waals surface area contributed by atoms with E-state index in [1.807, 2.05) is 39.8 Å². The van der Waals surface area contributed by atoms with E-state index in [0.29, 0.717) is 71.7 Å². The molecule has 0 atom stereocenters. The zero-order valence-electron chi connectivity index (χ0n) is 25.2. The van der Waals surface area contributed by atoms with E-state index in [1.54, 1.807) is 49.5 Å². The SMILES string of the molecule is Cn1c(=O)c2c(nc(N3CCN(CC(=O)Nc4ccc(Cl)cc4C(=O)c4ccccc4)CC3)n2Cc2ccc(Br)cc2)n(C)c1=O. The summed E-state index contributed by atoms with van der Waals surface area (Å²) < 4.78 is 5.31. The number of fused-ring (bicyclic) bond motifs is 1. The fourth-order valence-electron chi connectivity index (χ4n) is 5.66. The van der Waals surface area contributed by atoms with Gasteiger partial charge < -0.3 is 10.2 Å². The molecule has 0 spiro atoms. The van der Waals surface area contributed by atoms with E-state index in [2.05, 4.69) is 26.1 Å². The number of carbonyl (C=O) groups is 2. The Kier molecular flexibility index (Phi) is 8.94. The van der Waals surface area contributed by atoms with Crippen LogP contribution in [0.3, 0.4) is 0 Å². The summed E-state index contributed by atoms with van der Waals surface area (Å²) in [5, 5.41) is 3.30. The normalized spacial score (nSPS) is 13.7. The lowest BCUT2D eigenvalue weighted by Gasteiger charge is -2.35. The minimum Gasteiger partial charge on any atom is -0.340 e. The molecule has 1 saturated heterocycles. The number of benzene rings is 3. The van der Waals surface area contributed by atoms with Crippen molar-refractivity contribution in [3.05, 3.63) is 120 Å². The van der Waals surface area contributed by atoms with Gasteiger partial charge in [-0.2, -0.15) is 4.98 Å². The van der Waals surface area contributed by atoms with E-state index in [9.17, 15) is 19.2 Å². The molecule has 3 heterocycles. The third kappa shape index (κ3) is 6.28. The molecule has 1 fully saturated rings. The number of nitrogens with one attached hydrogen (secondary N) is 1. The van der Waals surface area contributed by atoms with Gasteiger partial charge in [0.2, 0.25) is 11.9 Å². The first-order valence-corrected chi connectivity index (χ1v) is 15.8. The number of imidazole rings is 1. The van der Waals surface area contributed by atoms with Crippen LogP contribution in [0.1, 0.15) is 21.5 Å². The van der Waals surface area contributed by atoms with Gasteiger partial charge in [0.25, 0.3) is 5.56 Å². The molecule has 1 aliphatic rings. The number of aromatic nitrogens is 4. The average Bonchev–Trinajstić information content (AvgIpc) is 3.44. The van der Waals surface area contributed by atoms with Crippen molar-refractivity contribution in [3.63, 3.8) is 0 Å². The Morgan fingerprint density at radius 3 is 2.30 bits per heavy atom. The highest BCUT2D eigenvalue weighted by molar-refractivity contribution is 9.10. The predicted octanol–water partition coefficient (Wildman–Crippen LogP) is 3.89. The molecule has 0 bridgehead atoms. The highest BCUT2D eigenvalue weighted by Crippen LogP contribution is 2.25. The lowest BCUT2D eigenvalue weighted by atomic mass is 10.0. The molecule has 1 N–H and O–H groups in total. The summed E-state index contributed by atoms with van der Waals surface area (Å²) in [6.45, 7) is 2.72. The Hall–Kier alpha value is -4.52. The quantitative estimate of drug-likeness (QED) is 0.244. The van der Waals surface area contributed by atoms with Crippen LogP contribution in [0, 0.1) is 0 Å². The Balaban J connectivity index is 1.19. The monoisotopic (exact) mass is 703 g/mol. The van der Waals surface area contributed by atoms with Gasteiger partial charge in [-0.25, -0.2) is 4.79 Å². The van der Waals surface area contributed by atoms with E-state index >= 15 is 0 Å². The Morgan fingerprint density at radius 2 is 1.61 bits per heavy atom. The number of amides is 1. The Morgan fingerprint density at radius 1 is 0.913 bits per heavy atom. The van der Waals surface area contributed by atoms with Crippen LogP contribution in [0.5, 0.6) is 0 Å². The maximum absolute atomic E-state index is 13.3. The lowest BCUT2D eigenvalue weighted by molar-refractivity contribution is -0.117. The van der Waals surface area contributed by atoms with Crippen LogP contribution in [0.15, 0.2) is 86.9 Å². The third-order valence-corrected chi connectivity index (χ3v) is 8.90. The van der Waals surface area contributed by atoms with Crippen molar-refractivity contribution in [1.29, 1.82) is 0 Å². The summed E-state index contributed by atoms with van der Waals surface area (Å²) in [6.07, 6.45) is 0. The van der Waals surface area contributed by atoms with Crippen LogP contribution >= 0.6 is 27.5 Å². The molecular weight excluding hydrogens is 674 g/mol. The van der Waals surface area contributed by atoms with Crippen LogP contribution in [-0.2, 0) is 25.4 Å². The molecule has 0 aliphatic carbocycles. The Labute approximate surface area is 277 Å². The maximum atomic E-state index is 13.3. The second kappa shape index (κ2) is 13.1. The highest BCUT2D eigenvalue weighted by Gasteiger charge is 2.27. The minimum absolute atomic E-state index is 0.125. The van der Waals surface area contributed by atoms with Crippen LogP contribution < -0.4 is 21.5 Å². The van der Waals surface area contributed by atoms with Crippen LogP contribution in [0.2, 0.25) is 5.02 Å². The summed E-state index contributed by atoms with van der Waals surface area (Å²) >= 11 is 9.67. The summed E-state index contributed by atoms with van der Waals surface area (Å²) in [4.78, 5) is 61.3. The fourth-order valence-corrected chi connectivity index (χ4v) is 6.09. The molecule has 3 aromatic carbocycles. The molecule has 0 unspecified atom stereocenters. The summed E-state index contributed by atoms with van der Waals surface area (Å²) in [5.74, 6) is 0.106. The average molecular weight is 705 g/mol. The number of halogens is 2. The van der Waals surface area contributed by atoms with Crippen molar-refractivity contribution in [2.45, 2.75) is 6.54 Å². The number of hydrogen-bond donors (Lipinski definition) is 1. The zero-order chi connectivity index (χ0) is 32.5. The van der Waals surface area contributed by atoms with Crippen molar-refractivity contribution >= 4 is 62.0 Å². The number of ketones is 1. The number of nitrogens with zero attached hydrogens (tertiary/aromatic N) is 6. The van der Waals surface area contributed by atoms with E-state index in [4.69, 9.17) is 16.6 Å². The molecule has 0 radical (unpaired) electrons. The maximum Gasteiger partial charge on any atom is 0.332 e. The van der Waals surface area contributed by atoms with Gasteiger partial charge in [0.1, 0.15) is 0 Å². The minimum atomic E-state index is -0.442. The molecule has 6 rings (SSSR count). The van der Waals surface area contributed by atoms with Gasteiger partial charge in [-0.05, 0) is 35.9 Å². The first-order valence-electron chi connectivity index (χ1n) is 14.7. The number of piperazine rings is 1. The van der Waals surface area contributed by atoms with Gasteiger partial charge >= 0.3 is 5.69 Å². The first kappa shape index (κ1) is 31.5. The van der Waals surface area contributed by atoms with Crippen LogP contribution in [-0.4, -0.2) is 68.0 Å². The number of carbonyl (C=O) groups excluding carboxylic acids is 2. The first-order chi connectivity index (χ1) is 22.1. The van der Waals surface area contributed by atoms with Crippen molar-refractivity contribution in [1.82, 2.24) is 23.6 Å². The molecule has 1 aliphatic heterocycles. The molecule has 13 heteroatoms. The van der Waals surface area contributed by atoms with Gasteiger partial charge in [0.05, 0.1) is 18.8 Å². The van der Waals surface area contributed by atoms with E-state index in [-0.39, 0.29) is 18.2 Å².